The molecule has 4 rings (SSSR count). The Bertz CT molecular complexity index is 766. The van der Waals surface area contributed by atoms with Gasteiger partial charge in [-0.3, -0.25) is 14.6 Å². The number of anilines is 1. The zero-order valence-electron chi connectivity index (χ0n) is 15.5. The lowest BCUT2D eigenvalue weighted by Crippen LogP contribution is -2.48. The van der Waals surface area contributed by atoms with Crippen molar-refractivity contribution in [2.45, 2.75) is 19.9 Å². The van der Waals surface area contributed by atoms with Gasteiger partial charge in [0.2, 0.25) is 5.91 Å². The fourth-order valence-electron chi connectivity index (χ4n) is 4.01. The summed E-state index contributed by atoms with van der Waals surface area (Å²) in [5.41, 5.74) is 4.91. The van der Waals surface area contributed by atoms with Gasteiger partial charge in [0.05, 0.1) is 6.42 Å². The zero-order valence-corrected chi connectivity index (χ0v) is 15.5. The lowest BCUT2D eigenvalue weighted by Gasteiger charge is -2.35. The summed E-state index contributed by atoms with van der Waals surface area (Å²) >= 11 is 0. The Hall–Kier alpha value is -2.17. The van der Waals surface area contributed by atoms with E-state index in [4.69, 9.17) is 0 Å². The van der Waals surface area contributed by atoms with Gasteiger partial charge in [-0.15, -0.1) is 0 Å². The Balaban J connectivity index is 1.27. The van der Waals surface area contributed by atoms with E-state index in [1.807, 2.05) is 4.90 Å². The predicted molar refractivity (Wildman–Crippen MR) is 105 cm³/mol. The van der Waals surface area contributed by atoms with Crippen LogP contribution >= 0.6 is 0 Å². The lowest BCUT2D eigenvalue weighted by atomic mass is 10.1. The van der Waals surface area contributed by atoms with Gasteiger partial charge in [0, 0.05) is 51.5 Å². The maximum absolute atomic E-state index is 12.4. The maximum Gasteiger partial charge on any atom is 0.231 e. The molecule has 2 aromatic rings. The molecule has 1 amide bonds. The minimum absolute atomic E-state index is 0.244. The fraction of sp³-hybridized carbons (Fsp3) is 0.409. The van der Waals surface area contributed by atoms with E-state index in [-0.39, 0.29) is 5.91 Å². The largest absolute Gasteiger partial charge is 0.311 e. The second-order valence-electron chi connectivity index (χ2n) is 7.46. The normalized spacial score (nSPS) is 18.3. The molecular formula is C22H27N3O. The quantitative estimate of drug-likeness (QED) is 0.830. The Kier molecular flexibility index (Phi) is 5.05. The van der Waals surface area contributed by atoms with Gasteiger partial charge in [-0.1, -0.05) is 48.0 Å². The molecule has 1 saturated heterocycles. The SMILES string of the molecule is Cc1ccc2c(c1)CC(=O)N2CCN1CCN(Cc2ccccc2)CC1. The number of carbonyl (C=O) groups is 1. The minimum Gasteiger partial charge on any atom is -0.311 e. The van der Waals surface area contributed by atoms with Crippen LogP contribution in [0.5, 0.6) is 0 Å². The third kappa shape index (κ3) is 3.81. The fourth-order valence-corrected chi connectivity index (χ4v) is 4.01. The van der Waals surface area contributed by atoms with Crippen LogP contribution in [0.4, 0.5) is 5.69 Å². The number of amides is 1. The molecule has 136 valence electrons. The van der Waals surface area contributed by atoms with Gasteiger partial charge in [-0.2, -0.15) is 0 Å². The molecule has 4 nitrogen and oxygen atoms in total. The molecule has 1 fully saturated rings. The van der Waals surface area contributed by atoms with Crippen molar-refractivity contribution in [3.05, 3.63) is 65.2 Å². The molecule has 0 unspecified atom stereocenters. The highest BCUT2D eigenvalue weighted by molar-refractivity contribution is 6.01. The summed E-state index contributed by atoms with van der Waals surface area (Å²) in [6.45, 7) is 9.22. The molecule has 0 radical (unpaired) electrons. The Labute approximate surface area is 156 Å². The van der Waals surface area contributed by atoms with E-state index < -0.39 is 0 Å². The van der Waals surface area contributed by atoms with Crippen LogP contribution in [-0.4, -0.2) is 55.0 Å². The van der Waals surface area contributed by atoms with E-state index in [9.17, 15) is 4.79 Å². The smallest absolute Gasteiger partial charge is 0.231 e. The van der Waals surface area contributed by atoms with Gasteiger partial charge in [-0.05, 0) is 24.1 Å². The molecule has 0 N–H and O–H groups in total. The molecule has 2 aliphatic rings. The second kappa shape index (κ2) is 7.60. The number of piperazine rings is 1. The van der Waals surface area contributed by atoms with Gasteiger partial charge in [0.15, 0.2) is 0 Å². The molecule has 4 heteroatoms. The summed E-state index contributed by atoms with van der Waals surface area (Å²) in [7, 11) is 0. The number of hydrogen-bond donors (Lipinski definition) is 0. The summed E-state index contributed by atoms with van der Waals surface area (Å²) in [4.78, 5) is 19.4. The molecule has 0 atom stereocenters. The van der Waals surface area contributed by atoms with Gasteiger partial charge in [0.1, 0.15) is 0 Å². The highest BCUT2D eigenvalue weighted by Crippen LogP contribution is 2.29. The van der Waals surface area contributed by atoms with E-state index in [2.05, 4.69) is 65.3 Å². The van der Waals surface area contributed by atoms with Crippen molar-refractivity contribution in [2.75, 3.05) is 44.2 Å². The van der Waals surface area contributed by atoms with Crippen molar-refractivity contribution in [3.63, 3.8) is 0 Å². The van der Waals surface area contributed by atoms with Gasteiger partial charge in [-0.25, -0.2) is 0 Å². The molecular weight excluding hydrogens is 322 g/mol. The van der Waals surface area contributed by atoms with E-state index in [1.165, 1.54) is 16.7 Å². The molecule has 2 aromatic carbocycles. The first-order valence-corrected chi connectivity index (χ1v) is 9.57. The van der Waals surface area contributed by atoms with Gasteiger partial charge >= 0.3 is 0 Å². The van der Waals surface area contributed by atoms with Crippen molar-refractivity contribution < 1.29 is 4.79 Å². The topological polar surface area (TPSA) is 26.8 Å². The van der Waals surface area contributed by atoms with E-state index in [0.717, 1.165) is 51.5 Å². The van der Waals surface area contributed by atoms with Gasteiger partial charge < -0.3 is 4.90 Å². The summed E-state index contributed by atoms with van der Waals surface area (Å²) < 4.78 is 0. The van der Waals surface area contributed by atoms with Gasteiger partial charge in [0.25, 0.3) is 0 Å². The average molecular weight is 349 g/mol. The molecule has 26 heavy (non-hydrogen) atoms. The Morgan fingerprint density at radius 3 is 2.38 bits per heavy atom. The van der Waals surface area contributed by atoms with Crippen molar-refractivity contribution in [1.29, 1.82) is 0 Å². The van der Waals surface area contributed by atoms with E-state index in [1.54, 1.807) is 0 Å². The summed E-state index contributed by atoms with van der Waals surface area (Å²) in [5.74, 6) is 0.244. The molecule has 0 spiro atoms. The van der Waals surface area contributed by atoms with E-state index >= 15 is 0 Å². The highest BCUT2D eigenvalue weighted by Gasteiger charge is 2.27. The second-order valence-corrected chi connectivity index (χ2v) is 7.46. The molecule has 2 heterocycles. The lowest BCUT2D eigenvalue weighted by molar-refractivity contribution is -0.117. The molecule has 0 aliphatic carbocycles. The highest BCUT2D eigenvalue weighted by atomic mass is 16.2. The Morgan fingerprint density at radius 2 is 1.62 bits per heavy atom. The third-order valence-corrected chi connectivity index (χ3v) is 5.52. The number of carbonyl (C=O) groups excluding carboxylic acids is 1. The molecule has 0 aromatic heterocycles. The first kappa shape index (κ1) is 17.3. The van der Waals surface area contributed by atoms with Crippen molar-refractivity contribution in [1.82, 2.24) is 9.80 Å². The standard InChI is InChI=1S/C22H27N3O/c1-18-7-8-21-20(15-18)16-22(26)25(21)14-13-23-9-11-24(12-10-23)17-19-5-3-2-4-6-19/h2-8,15H,9-14,16-17H2,1H3. The monoisotopic (exact) mass is 349 g/mol. The van der Waals surface area contributed by atoms with E-state index in [0.29, 0.717) is 6.42 Å². The first-order chi connectivity index (χ1) is 12.7. The van der Waals surface area contributed by atoms with Crippen LogP contribution in [0.3, 0.4) is 0 Å². The third-order valence-electron chi connectivity index (χ3n) is 5.52. The van der Waals surface area contributed by atoms with Crippen LogP contribution in [0, 0.1) is 6.92 Å². The number of nitrogens with zero attached hydrogens (tertiary/aromatic N) is 3. The number of hydrogen-bond acceptors (Lipinski definition) is 3. The predicted octanol–water partition coefficient (Wildman–Crippen LogP) is 2.70. The van der Waals surface area contributed by atoms with Crippen molar-refractivity contribution in [3.8, 4) is 0 Å². The molecule has 0 bridgehead atoms. The first-order valence-electron chi connectivity index (χ1n) is 9.57. The van der Waals surface area contributed by atoms with Crippen LogP contribution in [0.25, 0.3) is 0 Å². The van der Waals surface area contributed by atoms with Crippen molar-refractivity contribution >= 4 is 11.6 Å². The molecule has 0 saturated carbocycles. The number of fused-ring (bicyclic) bond motifs is 1. The van der Waals surface area contributed by atoms with Crippen LogP contribution in [-0.2, 0) is 17.8 Å². The number of benzene rings is 2. The van der Waals surface area contributed by atoms with Crippen LogP contribution in [0.15, 0.2) is 48.5 Å². The molecule has 2 aliphatic heterocycles. The van der Waals surface area contributed by atoms with Crippen LogP contribution in [0.2, 0.25) is 0 Å². The Morgan fingerprint density at radius 1 is 0.885 bits per heavy atom. The minimum atomic E-state index is 0.244. The van der Waals surface area contributed by atoms with Crippen LogP contribution < -0.4 is 4.90 Å². The number of rotatable bonds is 5. The summed E-state index contributed by atoms with van der Waals surface area (Å²) in [6, 6.07) is 17.0. The van der Waals surface area contributed by atoms with Crippen LogP contribution in [0.1, 0.15) is 16.7 Å². The summed E-state index contributed by atoms with van der Waals surface area (Å²) in [5, 5.41) is 0. The maximum atomic E-state index is 12.4. The number of aryl methyl sites for hydroxylation is 1. The average Bonchev–Trinajstić information content (AvgIpc) is 2.96. The zero-order chi connectivity index (χ0) is 17.9. The summed E-state index contributed by atoms with van der Waals surface area (Å²) in [6.07, 6.45) is 0.557. The van der Waals surface area contributed by atoms with Crippen molar-refractivity contribution in [2.24, 2.45) is 0 Å².